The molecule has 1 aliphatic heterocycles. The van der Waals surface area contributed by atoms with Crippen LogP contribution in [0.25, 0.3) is 5.69 Å². The van der Waals surface area contributed by atoms with E-state index in [1.807, 2.05) is 27.6 Å². The lowest BCUT2D eigenvalue weighted by molar-refractivity contribution is 0.334. The SMILES string of the molecule is CC(C)n1nc(C2CCC2)c2c1OC(N)=C(C#N)C2c1ccc(-n2ccnc2)cc1. The molecule has 1 aromatic carbocycles. The lowest BCUT2D eigenvalue weighted by Gasteiger charge is -2.29. The predicted octanol–water partition coefficient (Wildman–Crippen LogP) is 4.14. The maximum atomic E-state index is 9.93. The standard InChI is InChI=1S/C23H24N6O/c1-14(2)29-23-20(21(27-29)16-4-3-5-16)19(18(12-24)22(25)30-23)15-6-8-17(9-7-15)28-11-10-26-13-28/h6-11,13-14,16,19H,3-5,25H2,1-2H3. The molecule has 1 aliphatic carbocycles. The summed E-state index contributed by atoms with van der Waals surface area (Å²) >= 11 is 0. The number of aromatic nitrogens is 4. The summed E-state index contributed by atoms with van der Waals surface area (Å²) in [4.78, 5) is 4.11. The van der Waals surface area contributed by atoms with Crippen LogP contribution in [-0.4, -0.2) is 19.3 Å². The van der Waals surface area contributed by atoms with E-state index >= 15 is 0 Å². The van der Waals surface area contributed by atoms with Gasteiger partial charge in [-0.15, -0.1) is 0 Å². The van der Waals surface area contributed by atoms with Gasteiger partial charge in [0, 0.05) is 24.0 Å². The molecular formula is C23H24N6O. The van der Waals surface area contributed by atoms with Gasteiger partial charge in [-0.05, 0) is 44.4 Å². The molecule has 1 saturated carbocycles. The number of nitriles is 1. The van der Waals surface area contributed by atoms with E-state index in [4.69, 9.17) is 15.6 Å². The molecule has 7 heteroatoms. The maximum Gasteiger partial charge on any atom is 0.224 e. The van der Waals surface area contributed by atoms with Gasteiger partial charge >= 0.3 is 0 Å². The number of nitrogens with zero attached hydrogens (tertiary/aromatic N) is 5. The number of nitrogens with two attached hydrogens (primary N) is 1. The molecule has 2 aromatic heterocycles. The van der Waals surface area contributed by atoms with Gasteiger partial charge in [0.2, 0.25) is 11.8 Å². The average molecular weight is 400 g/mol. The van der Waals surface area contributed by atoms with Crippen LogP contribution in [0.5, 0.6) is 5.88 Å². The minimum atomic E-state index is -0.279. The zero-order valence-electron chi connectivity index (χ0n) is 17.1. The van der Waals surface area contributed by atoms with E-state index in [0.717, 1.165) is 35.3 Å². The van der Waals surface area contributed by atoms with Crippen molar-refractivity contribution in [1.82, 2.24) is 19.3 Å². The van der Waals surface area contributed by atoms with Crippen molar-refractivity contribution in [2.75, 3.05) is 0 Å². The van der Waals surface area contributed by atoms with E-state index < -0.39 is 0 Å². The highest BCUT2D eigenvalue weighted by Crippen LogP contribution is 2.49. The quantitative estimate of drug-likeness (QED) is 0.710. The Morgan fingerprint density at radius 1 is 1.23 bits per heavy atom. The summed E-state index contributed by atoms with van der Waals surface area (Å²) in [6.45, 7) is 4.16. The van der Waals surface area contributed by atoms with Crippen LogP contribution >= 0.6 is 0 Å². The second-order valence-corrected chi connectivity index (χ2v) is 8.26. The Morgan fingerprint density at radius 2 is 2.00 bits per heavy atom. The first-order valence-electron chi connectivity index (χ1n) is 10.4. The Bertz CT molecular complexity index is 1140. The van der Waals surface area contributed by atoms with Gasteiger partial charge in [0.15, 0.2) is 0 Å². The highest BCUT2D eigenvalue weighted by molar-refractivity contribution is 5.57. The topological polar surface area (TPSA) is 94.7 Å². The van der Waals surface area contributed by atoms with Gasteiger partial charge in [-0.2, -0.15) is 10.4 Å². The van der Waals surface area contributed by atoms with Crippen molar-refractivity contribution in [3.05, 3.63) is 71.3 Å². The smallest absolute Gasteiger partial charge is 0.224 e. The average Bonchev–Trinajstić information content (AvgIpc) is 3.35. The molecule has 1 atom stereocenters. The summed E-state index contributed by atoms with van der Waals surface area (Å²) in [6.07, 6.45) is 8.87. The molecule has 0 saturated heterocycles. The van der Waals surface area contributed by atoms with Crippen molar-refractivity contribution in [2.45, 2.75) is 51.0 Å². The minimum absolute atomic E-state index is 0.133. The molecule has 2 N–H and O–H groups in total. The number of fused-ring (bicyclic) bond motifs is 1. The molecule has 0 bridgehead atoms. The molecule has 5 rings (SSSR count). The molecule has 3 aromatic rings. The Balaban J connectivity index is 1.67. The monoisotopic (exact) mass is 400 g/mol. The van der Waals surface area contributed by atoms with E-state index in [9.17, 15) is 5.26 Å². The zero-order valence-corrected chi connectivity index (χ0v) is 17.1. The molecule has 0 radical (unpaired) electrons. The van der Waals surface area contributed by atoms with Crippen LogP contribution in [-0.2, 0) is 0 Å². The third-order valence-corrected chi connectivity index (χ3v) is 6.11. The third kappa shape index (κ3) is 2.79. The first-order valence-corrected chi connectivity index (χ1v) is 10.4. The summed E-state index contributed by atoms with van der Waals surface area (Å²) in [6, 6.07) is 10.6. The summed E-state index contributed by atoms with van der Waals surface area (Å²) in [5.41, 5.74) is 10.7. The minimum Gasteiger partial charge on any atom is -0.422 e. The predicted molar refractivity (Wildman–Crippen MR) is 112 cm³/mol. The Morgan fingerprint density at radius 3 is 2.57 bits per heavy atom. The fraction of sp³-hybridized carbons (Fsp3) is 0.348. The summed E-state index contributed by atoms with van der Waals surface area (Å²) in [7, 11) is 0. The van der Waals surface area contributed by atoms with Gasteiger partial charge < -0.3 is 15.0 Å². The van der Waals surface area contributed by atoms with Gasteiger partial charge in [0.1, 0.15) is 11.6 Å². The largest absolute Gasteiger partial charge is 0.422 e. The van der Waals surface area contributed by atoms with Crippen LogP contribution < -0.4 is 10.5 Å². The van der Waals surface area contributed by atoms with Gasteiger partial charge in [0.05, 0.1) is 29.5 Å². The Labute approximate surface area is 175 Å². The summed E-state index contributed by atoms with van der Waals surface area (Å²) < 4.78 is 9.85. The zero-order chi connectivity index (χ0) is 20.8. The first-order chi connectivity index (χ1) is 14.6. The van der Waals surface area contributed by atoms with Crippen LogP contribution in [0.15, 0.2) is 54.4 Å². The lowest BCUT2D eigenvalue weighted by Crippen LogP contribution is -2.23. The van der Waals surface area contributed by atoms with Crippen LogP contribution in [0.3, 0.4) is 0 Å². The molecule has 30 heavy (non-hydrogen) atoms. The Hall–Kier alpha value is -3.53. The molecule has 152 valence electrons. The second kappa shape index (κ2) is 7.06. The molecular weight excluding hydrogens is 376 g/mol. The van der Waals surface area contributed by atoms with Crippen molar-refractivity contribution < 1.29 is 4.74 Å². The van der Waals surface area contributed by atoms with Crippen molar-refractivity contribution >= 4 is 0 Å². The fourth-order valence-electron chi connectivity index (χ4n) is 4.30. The van der Waals surface area contributed by atoms with Crippen LogP contribution in [0, 0.1) is 11.3 Å². The maximum absolute atomic E-state index is 9.93. The molecule has 7 nitrogen and oxygen atoms in total. The summed E-state index contributed by atoms with van der Waals surface area (Å²) in [5.74, 6) is 0.968. The van der Waals surface area contributed by atoms with Gasteiger partial charge in [-0.1, -0.05) is 18.6 Å². The van der Waals surface area contributed by atoms with E-state index in [1.165, 1.54) is 6.42 Å². The van der Waals surface area contributed by atoms with Gasteiger partial charge in [-0.25, -0.2) is 9.67 Å². The molecule has 0 spiro atoms. The molecule has 1 fully saturated rings. The number of allylic oxidation sites excluding steroid dienone is 1. The van der Waals surface area contributed by atoms with E-state index in [1.54, 1.807) is 12.5 Å². The normalized spacial score (nSPS) is 18.7. The number of hydrogen-bond donors (Lipinski definition) is 1. The van der Waals surface area contributed by atoms with Gasteiger partial charge in [0.25, 0.3) is 0 Å². The number of imidazole rings is 1. The third-order valence-electron chi connectivity index (χ3n) is 6.11. The molecule has 1 unspecified atom stereocenters. The molecule has 3 heterocycles. The first kappa shape index (κ1) is 18.5. The van der Waals surface area contributed by atoms with Crippen LogP contribution in [0.2, 0.25) is 0 Å². The summed E-state index contributed by atoms with van der Waals surface area (Å²) in [5, 5.41) is 14.9. The number of benzene rings is 1. The Kier molecular flexibility index (Phi) is 4.35. The van der Waals surface area contributed by atoms with Crippen LogP contribution in [0.1, 0.15) is 67.8 Å². The molecule has 2 aliphatic rings. The van der Waals surface area contributed by atoms with Crippen LogP contribution in [0.4, 0.5) is 0 Å². The highest BCUT2D eigenvalue weighted by atomic mass is 16.5. The highest BCUT2D eigenvalue weighted by Gasteiger charge is 2.40. The number of rotatable bonds is 4. The fourth-order valence-corrected chi connectivity index (χ4v) is 4.30. The number of hydrogen-bond acceptors (Lipinski definition) is 5. The van der Waals surface area contributed by atoms with Crippen molar-refractivity contribution in [2.24, 2.45) is 5.73 Å². The van der Waals surface area contributed by atoms with Gasteiger partial charge in [-0.3, -0.25) is 0 Å². The van der Waals surface area contributed by atoms with E-state index in [2.05, 4.69) is 37.0 Å². The number of ether oxygens (including phenoxy) is 1. The van der Waals surface area contributed by atoms with E-state index in [0.29, 0.717) is 17.4 Å². The van der Waals surface area contributed by atoms with Crippen molar-refractivity contribution in [3.8, 4) is 17.6 Å². The van der Waals surface area contributed by atoms with Crippen molar-refractivity contribution in [1.29, 1.82) is 5.26 Å². The molecule has 0 amide bonds. The lowest BCUT2D eigenvalue weighted by atomic mass is 9.76. The van der Waals surface area contributed by atoms with E-state index in [-0.39, 0.29) is 17.8 Å². The van der Waals surface area contributed by atoms with Crippen molar-refractivity contribution in [3.63, 3.8) is 0 Å². The second-order valence-electron chi connectivity index (χ2n) is 8.26.